The van der Waals surface area contributed by atoms with Gasteiger partial charge in [-0.15, -0.1) is 11.3 Å². The fraction of sp³-hybridized carbons (Fsp3) is 0.368. The molecule has 3 rings (SSSR count). The maximum absolute atomic E-state index is 12.9. The zero-order valence-electron chi connectivity index (χ0n) is 14.0. The number of aryl methyl sites for hydroxylation is 1. The molecule has 1 aliphatic heterocycles. The molecule has 1 saturated heterocycles. The molecule has 25 heavy (non-hydrogen) atoms. The first kappa shape index (κ1) is 17.8. The Bertz CT molecular complexity index is 708. The number of Topliss-reactive ketones (excluding diaryl/α,β-unsaturated/α-hetero) is 1. The summed E-state index contributed by atoms with van der Waals surface area (Å²) in [5.41, 5.74) is 0.524. The van der Waals surface area contributed by atoms with Crippen LogP contribution in [0.2, 0.25) is 0 Å². The SMILES string of the molecule is O=C(CN1CCN(C(=O)CCc2cccs2)CC1)c1ccc(F)cc1. The summed E-state index contributed by atoms with van der Waals surface area (Å²) in [6, 6.07) is 9.69. The van der Waals surface area contributed by atoms with Crippen LogP contribution in [0.15, 0.2) is 41.8 Å². The van der Waals surface area contributed by atoms with E-state index in [1.807, 2.05) is 16.3 Å². The van der Waals surface area contributed by atoms with Crippen LogP contribution in [0.3, 0.4) is 0 Å². The number of hydrogen-bond donors (Lipinski definition) is 0. The number of hydrogen-bond acceptors (Lipinski definition) is 4. The minimum atomic E-state index is -0.341. The highest BCUT2D eigenvalue weighted by Crippen LogP contribution is 2.13. The maximum Gasteiger partial charge on any atom is 0.223 e. The van der Waals surface area contributed by atoms with Gasteiger partial charge in [-0.3, -0.25) is 14.5 Å². The number of ketones is 1. The van der Waals surface area contributed by atoms with Crippen molar-refractivity contribution in [2.75, 3.05) is 32.7 Å². The van der Waals surface area contributed by atoms with Crippen molar-refractivity contribution in [2.45, 2.75) is 12.8 Å². The number of thiophene rings is 1. The molecule has 4 nitrogen and oxygen atoms in total. The predicted molar refractivity (Wildman–Crippen MR) is 96.4 cm³/mol. The summed E-state index contributed by atoms with van der Waals surface area (Å²) in [5.74, 6) is -0.179. The first-order valence-corrected chi connectivity index (χ1v) is 9.31. The second kappa shape index (κ2) is 8.36. The van der Waals surface area contributed by atoms with E-state index in [4.69, 9.17) is 0 Å². The van der Waals surface area contributed by atoms with Crippen LogP contribution in [-0.2, 0) is 11.2 Å². The lowest BCUT2D eigenvalue weighted by atomic mass is 10.1. The summed E-state index contributed by atoms with van der Waals surface area (Å²) in [4.78, 5) is 29.7. The molecule has 6 heteroatoms. The molecule has 2 heterocycles. The van der Waals surface area contributed by atoms with E-state index in [-0.39, 0.29) is 17.5 Å². The number of piperazine rings is 1. The molecular weight excluding hydrogens is 339 g/mol. The summed E-state index contributed by atoms with van der Waals surface area (Å²) < 4.78 is 12.9. The molecule has 1 aromatic carbocycles. The third-order valence-electron chi connectivity index (χ3n) is 4.42. The molecule has 1 aromatic heterocycles. The second-order valence-corrected chi connectivity index (χ2v) is 7.20. The van der Waals surface area contributed by atoms with Crippen molar-refractivity contribution in [1.29, 1.82) is 0 Å². The predicted octanol–water partition coefficient (Wildman–Crippen LogP) is 2.85. The minimum absolute atomic E-state index is 0.0162. The number of nitrogens with zero attached hydrogens (tertiary/aromatic N) is 2. The van der Waals surface area contributed by atoms with E-state index in [2.05, 4.69) is 11.0 Å². The molecule has 0 spiro atoms. The van der Waals surface area contributed by atoms with Crippen molar-refractivity contribution < 1.29 is 14.0 Å². The van der Waals surface area contributed by atoms with Crippen molar-refractivity contribution in [1.82, 2.24) is 9.80 Å². The Labute approximate surface area is 150 Å². The van der Waals surface area contributed by atoms with Gasteiger partial charge in [0.05, 0.1) is 6.54 Å². The molecule has 0 N–H and O–H groups in total. The molecule has 1 amide bonds. The van der Waals surface area contributed by atoms with E-state index in [9.17, 15) is 14.0 Å². The summed E-state index contributed by atoms with van der Waals surface area (Å²) >= 11 is 1.68. The summed E-state index contributed by atoms with van der Waals surface area (Å²) in [5, 5.41) is 2.02. The Morgan fingerprint density at radius 1 is 1.04 bits per heavy atom. The van der Waals surface area contributed by atoms with Gasteiger partial charge >= 0.3 is 0 Å². The van der Waals surface area contributed by atoms with Crippen LogP contribution in [0.5, 0.6) is 0 Å². The van der Waals surface area contributed by atoms with E-state index in [0.29, 0.717) is 44.7 Å². The Morgan fingerprint density at radius 3 is 2.40 bits per heavy atom. The molecule has 132 valence electrons. The maximum atomic E-state index is 12.9. The van der Waals surface area contributed by atoms with E-state index in [0.717, 1.165) is 6.42 Å². The third kappa shape index (κ3) is 4.96. The van der Waals surface area contributed by atoms with E-state index in [1.54, 1.807) is 11.3 Å². The van der Waals surface area contributed by atoms with Crippen molar-refractivity contribution in [3.8, 4) is 0 Å². The Kier molecular flexibility index (Phi) is 5.94. The number of halogens is 1. The van der Waals surface area contributed by atoms with Gasteiger partial charge in [-0.2, -0.15) is 0 Å². The molecule has 0 radical (unpaired) electrons. The Balaban J connectivity index is 1.42. The summed E-state index contributed by atoms with van der Waals surface area (Å²) in [6.07, 6.45) is 1.33. The quantitative estimate of drug-likeness (QED) is 0.744. The van der Waals surface area contributed by atoms with Crippen LogP contribution in [-0.4, -0.2) is 54.2 Å². The first-order valence-electron chi connectivity index (χ1n) is 8.43. The highest BCUT2D eigenvalue weighted by molar-refractivity contribution is 7.09. The number of amides is 1. The zero-order valence-corrected chi connectivity index (χ0v) is 14.8. The van der Waals surface area contributed by atoms with Crippen LogP contribution in [0.4, 0.5) is 4.39 Å². The second-order valence-electron chi connectivity index (χ2n) is 6.17. The van der Waals surface area contributed by atoms with Crippen LogP contribution < -0.4 is 0 Å². The monoisotopic (exact) mass is 360 g/mol. The highest BCUT2D eigenvalue weighted by Gasteiger charge is 2.22. The summed E-state index contributed by atoms with van der Waals surface area (Å²) in [6.45, 7) is 3.00. The molecule has 1 fully saturated rings. The van der Waals surface area contributed by atoms with Crippen LogP contribution in [0.25, 0.3) is 0 Å². The largest absolute Gasteiger partial charge is 0.340 e. The van der Waals surface area contributed by atoms with Gasteiger partial charge in [-0.1, -0.05) is 6.07 Å². The lowest BCUT2D eigenvalue weighted by Gasteiger charge is -2.34. The van der Waals surface area contributed by atoms with Gasteiger partial charge in [-0.05, 0) is 42.1 Å². The van der Waals surface area contributed by atoms with E-state index in [1.165, 1.54) is 29.1 Å². The van der Waals surface area contributed by atoms with Crippen LogP contribution in [0, 0.1) is 5.82 Å². The van der Waals surface area contributed by atoms with Gasteiger partial charge < -0.3 is 4.90 Å². The van der Waals surface area contributed by atoms with Gasteiger partial charge in [0.25, 0.3) is 0 Å². The lowest BCUT2D eigenvalue weighted by Crippen LogP contribution is -2.49. The molecule has 2 aromatic rings. The van der Waals surface area contributed by atoms with Crippen LogP contribution in [0.1, 0.15) is 21.7 Å². The van der Waals surface area contributed by atoms with E-state index < -0.39 is 0 Å². The molecule has 0 aliphatic carbocycles. The molecular formula is C19H21FN2O2S. The zero-order chi connectivity index (χ0) is 17.6. The van der Waals surface area contributed by atoms with Gasteiger partial charge in [0.2, 0.25) is 5.91 Å². The molecule has 0 unspecified atom stereocenters. The Hall–Kier alpha value is -2.05. The van der Waals surface area contributed by atoms with Gasteiger partial charge in [-0.25, -0.2) is 4.39 Å². The number of carbonyl (C=O) groups is 2. The fourth-order valence-electron chi connectivity index (χ4n) is 2.93. The average molecular weight is 360 g/mol. The summed E-state index contributed by atoms with van der Waals surface area (Å²) in [7, 11) is 0. The van der Waals surface area contributed by atoms with Crippen molar-refractivity contribution in [2.24, 2.45) is 0 Å². The first-order chi connectivity index (χ1) is 12.1. The van der Waals surface area contributed by atoms with Crippen molar-refractivity contribution >= 4 is 23.0 Å². The van der Waals surface area contributed by atoms with E-state index >= 15 is 0 Å². The highest BCUT2D eigenvalue weighted by atomic mass is 32.1. The number of benzene rings is 1. The molecule has 0 bridgehead atoms. The minimum Gasteiger partial charge on any atom is -0.340 e. The Morgan fingerprint density at radius 2 is 1.76 bits per heavy atom. The van der Waals surface area contributed by atoms with Crippen molar-refractivity contribution in [3.63, 3.8) is 0 Å². The normalized spacial score (nSPS) is 15.3. The number of rotatable bonds is 6. The van der Waals surface area contributed by atoms with Crippen molar-refractivity contribution in [3.05, 3.63) is 58.0 Å². The van der Waals surface area contributed by atoms with Crippen LogP contribution >= 0.6 is 11.3 Å². The standard InChI is InChI=1S/C19H21FN2O2S/c20-16-5-3-15(4-6-16)18(23)14-21-9-11-22(12-10-21)19(24)8-7-17-2-1-13-25-17/h1-6,13H,7-12,14H2. The topological polar surface area (TPSA) is 40.6 Å². The van der Waals surface area contributed by atoms with Gasteiger partial charge in [0, 0.05) is 43.0 Å². The van der Waals surface area contributed by atoms with Gasteiger partial charge in [0.15, 0.2) is 5.78 Å². The molecule has 1 aliphatic rings. The molecule has 0 atom stereocenters. The van der Waals surface area contributed by atoms with Gasteiger partial charge in [0.1, 0.15) is 5.82 Å². The molecule has 0 saturated carbocycles. The number of carbonyl (C=O) groups excluding carboxylic acids is 2. The third-order valence-corrected chi connectivity index (χ3v) is 5.36. The lowest BCUT2D eigenvalue weighted by molar-refractivity contribution is -0.132. The average Bonchev–Trinajstić information content (AvgIpc) is 3.14. The fourth-order valence-corrected chi connectivity index (χ4v) is 3.64. The smallest absolute Gasteiger partial charge is 0.223 e.